The van der Waals surface area contributed by atoms with Crippen LogP contribution in [0.2, 0.25) is 0 Å². The van der Waals surface area contributed by atoms with E-state index in [9.17, 15) is 4.79 Å². The lowest BCUT2D eigenvalue weighted by atomic mass is 9.76. The van der Waals surface area contributed by atoms with Crippen molar-refractivity contribution >= 4 is 6.03 Å². The van der Waals surface area contributed by atoms with Crippen molar-refractivity contribution in [2.45, 2.75) is 57.0 Å². The summed E-state index contributed by atoms with van der Waals surface area (Å²) in [4.78, 5) is 16.8. The third kappa shape index (κ3) is 3.55. The number of hydrogen-bond donors (Lipinski definition) is 2. The number of aryl methyl sites for hydroxylation is 2. The Labute approximate surface area is 148 Å². The van der Waals surface area contributed by atoms with E-state index in [4.69, 9.17) is 0 Å². The molecule has 1 aliphatic heterocycles. The topological polar surface area (TPSA) is 59.0 Å². The number of carbonyl (C=O) groups excluding carboxylic acids is 1. The van der Waals surface area contributed by atoms with Gasteiger partial charge in [0.2, 0.25) is 0 Å². The van der Waals surface area contributed by atoms with Crippen LogP contribution in [0.1, 0.15) is 54.6 Å². The normalized spacial score (nSPS) is 24.9. The largest absolute Gasteiger partial charge is 0.337 e. The van der Waals surface area contributed by atoms with Crippen LogP contribution in [0, 0.1) is 6.92 Å². The van der Waals surface area contributed by atoms with Crippen LogP contribution in [-0.4, -0.2) is 28.2 Å². The number of nitrogens with one attached hydrogen (secondary N) is 2. The highest BCUT2D eigenvalue weighted by Crippen LogP contribution is 2.36. The van der Waals surface area contributed by atoms with Crippen molar-refractivity contribution in [1.29, 1.82) is 0 Å². The van der Waals surface area contributed by atoms with Crippen LogP contribution in [0.15, 0.2) is 36.5 Å². The number of carbonyl (C=O) groups is 1. The average Bonchev–Trinajstić information content (AvgIpc) is 2.97. The van der Waals surface area contributed by atoms with Gasteiger partial charge >= 0.3 is 6.03 Å². The molecule has 0 bridgehead atoms. The molecule has 4 rings (SSSR count). The summed E-state index contributed by atoms with van der Waals surface area (Å²) in [6.07, 6.45) is 6.42. The van der Waals surface area contributed by atoms with Gasteiger partial charge in [-0.2, -0.15) is 0 Å². The van der Waals surface area contributed by atoms with Crippen LogP contribution in [0.25, 0.3) is 0 Å². The van der Waals surface area contributed by atoms with Crippen molar-refractivity contribution in [3.63, 3.8) is 0 Å². The minimum Gasteiger partial charge on any atom is -0.337 e. The number of nitrogens with zero attached hydrogens (tertiary/aromatic N) is 2. The molecule has 1 aliphatic carbocycles. The lowest BCUT2D eigenvalue weighted by Crippen LogP contribution is -2.48. The van der Waals surface area contributed by atoms with E-state index in [-0.39, 0.29) is 6.03 Å². The van der Waals surface area contributed by atoms with E-state index in [1.165, 1.54) is 5.56 Å². The van der Waals surface area contributed by atoms with Crippen molar-refractivity contribution in [2.24, 2.45) is 0 Å². The molecule has 2 amide bonds. The van der Waals surface area contributed by atoms with Crippen molar-refractivity contribution in [3.8, 4) is 0 Å². The monoisotopic (exact) mass is 338 g/mol. The number of fused-ring (bicyclic) bond motifs is 1. The Balaban J connectivity index is 1.23. The molecule has 1 atom stereocenters. The molecule has 2 aliphatic rings. The fraction of sp³-hybridized carbons (Fsp3) is 0.500. The maximum absolute atomic E-state index is 12.2. The molecule has 1 aromatic heterocycles. The maximum Gasteiger partial charge on any atom is 0.315 e. The number of aromatic nitrogens is 2. The Morgan fingerprint density at radius 2 is 2.08 bits per heavy atom. The molecule has 1 saturated carbocycles. The van der Waals surface area contributed by atoms with Crippen LogP contribution < -0.4 is 10.6 Å². The van der Waals surface area contributed by atoms with E-state index in [0.29, 0.717) is 24.4 Å². The summed E-state index contributed by atoms with van der Waals surface area (Å²) in [5.41, 5.74) is 2.44. The predicted octanol–water partition coefficient (Wildman–Crippen LogP) is 3.31. The lowest BCUT2D eigenvalue weighted by molar-refractivity contribution is 0.221. The maximum atomic E-state index is 12.2. The van der Waals surface area contributed by atoms with E-state index >= 15 is 0 Å². The fourth-order valence-corrected chi connectivity index (χ4v) is 4.09. The van der Waals surface area contributed by atoms with E-state index in [2.05, 4.69) is 50.6 Å². The summed E-state index contributed by atoms with van der Waals surface area (Å²) in [6, 6.07) is 10.8. The molecular formula is C20H26N4O. The van der Waals surface area contributed by atoms with Crippen LogP contribution in [0.5, 0.6) is 0 Å². The second-order valence-electron chi connectivity index (χ2n) is 7.40. The fourth-order valence-electron chi connectivity index (χ4n) is 4.09. The summed E-state index contributed by atoms with van der Waals surface area (Å²) in [7, 11) is 0. The minimum atomic E-state index is -0.0445. The van der Waals surface area contributed by atoms with Gasteiger partial charge in [0.25, 0.3) is 0 Å². The van der Waals surface area contributed by atoms with Gasteiger partial charge in [-0.15, -0.1) is 0 Å². The van der Waals surface area contributed by atoms with Gasteiger partial charge in [-0.25, -0.2) is 9.78 Å². The number of urea groups is 1. The molecular weight excluding hydrogens is 312 g/mol. The molecule has 2 N–H and O–H groups in total. The van der Waals surface area contributed by atoms with Gasteiger partial charge in [0.15, 0.2) is 0 Å². The molecule has 132 valence electrons. The second kappa shape index (κ2) is 6.90. The van der Waals surface area contributed by atoms with E-state index < -0.39 is 0 Å². The number of amides is 2. The zero-order valence-corrected chi connectivity index (χ0v) is 14.7. The van der Waals surface area contributed by atoms with Gasteiger partial charge in [-0.3, -0.25) is 0 Å². The van der Waals surface area contributed by atoms with Crippen molar-refractivity contribution in [3.05, 3.63) is 53.6 Å². The van der Waals surface area contributed by atoms with E-state index in [1.807, 2.05) is 13.0 Å². The first kappa shape index (κ1) is 16.2. The molecule has 0 spiro atoms. The van der Waals surface area contributed by atoms with Crippen molar-refractivity contribution in [1.82, 2.24) is 20.2 Å². The molecule has 0 unspecified atom stereocenters. The standard InChI is InChI=1S/C20H26N4O/c1-14-13-24-9-5-8-16(19(24)22-14)12-21-20(25)23-18-10-17(11-18)15-6-3-2-4-7-15/h2-4,6-7,13,16-18H,5,8-12H2,1H3,(H2,21,23,25)/t16-,17?,18?/m0/s1. The number of imidazole rings is 1. The SMILES string of the molecule is Cc1cn2c(n1)[C@H](CNC(=O)NC1CC(c3ccccc3)C1)CCC2. The van der Waals surface area contributed by atoms with Gasteiger partial charge in [0.05, 0.1) is 5.69 Å². The first-order chi connectivity index (χ1) is 12.2. The summed E-state index contributed by atoms with van der Waals surface area (Å²) < 4.78 is 2.24. The van der Waals surface area contributed by atoms with Gasteiger partial charge in [0, 0.05) is 31.2 Å². The highest BCUT2D eigenvalue weighted by Gasteiger charge is 2.31. The first-order valence-electron chi connectivity index (χ1n) is 9.32. The van der Waals surface area contributed by atoms with E-state index in [0.717, 1.165) is 43.7 Å². The van der Waals surface area contributed by atoms with Crippen LogP contribution in [0.3, 0.4) is 0 Å². The molecule has 0 radical (unpaired) electrons. The van der Waals surface area contributed by atoms with Gasteiger partial charge in [-0.05, 0) is 44.1 Å². The Morgan fingerprint density at radius 1 is 1.28 bits per heavy atom. The molecule has 25 heavy (non-hydrogen) atoms. The Morgan fingerprint density at radius 3 is 2.88 bits per heavy atom. The van der Waals surface area contributed by atoms with Crippen LogP contribution in [-0.2, 0) is 6.54 Å². The minimum absolute atomic E-state index is 0.0445. The second-order valence-corrected chi connectivity index (χ2v) is 7.40. The van der Waals surface area contributed by atoms with Crippen LogP contribution >= 0.6 is 0 Å². The highest BCUT2D eigenvalue weighted by atomic mass is 16.2. The summed E-state index contributed by atoms with van der Waals surface area (Å²) >= 11 is 0. The summed E-state index contributed by atoms with van der Waals surface area (Å²) in [6.45, 7) is 3.74. The smallest absolute Gasteiger partial charge is 0.315 e. The molecule has 1 aromatic carbocycles. The predicted molar refractivity (Wildman–Crippen MR) is 97.7 cm³/mol. The molecule has 1 fully saturated rings. The summed E-state index contributed by atoms with van der Waals surface area (Å²) in [5, 5.41) is 6.16. The molecule has 2 heterocycles. The van der Waals surface area contributed by atoms with Crippen LogP contribution in [0.4, 0.5) is 4.79 Å². The molecule has 5 heteroatoms. The number of hydrogen-bond acceptors (Lipinski definition) is 2. The number of rotatable bonds is 4. The lowest BCUT2D eigenvalue weighted by Gasteiger charge is -2.36. The highest BCUT2D eigenvalue weighted by molar-refractivity contribution is 5.74. The zero-order valence-electron chi connectivity index (χ0n) is 14.7. The molecule has 5 nitrogen and oxygen atoms in total. The third-order valence-electron chi connectivity index (χ3n) is 5.50. The summed E-state index contributed by atoms with van der Waals surface area (Å²) in [5.74, 6) is 2.03. The van der Waals surface area contributed by atoms with Gasteiger partial charge in [0.1, 0.15) is 5.82 Å². The van der Waals surface area contributed by atoms with Gasteiger partial charge < -0.3 is 15.2 Å². The molecule has 0 saturated heterocycles. The van der Waals surface area contributed by atoms with Gasteiger partial charge in [-0.1, -0.05) is 30.3 Å². The molecule has 2 aromatic rings. The quantitative estimate of drug-likeness (QED) is 0.898. The van der Waals surface area contributed by atoms with Crippen molar-refractivity contribution in [2.75, 3.05) is 6.54 Å². The van der Waals surface area contributed by atoms with Crippen molar-refractivity contribution < 1.29 is 4.79 Å². The zero-order chi connectivity index (χ0) is 17.2. The number of benzene rings is 1. The van der Waals surface area contributed by atoms with E-state index in [1.54, 1.807) is 0 Å². The Hall–Kier alpha value is -2.30. The average molecular weight is 338 g/mol. The Kier molecular flexibility index (Phi) is 4.47. The third-order valence-corrected chi connectivity index (χ3v) is 5.50. The Bertz CT molecular complexity index is 733. The first-order valence-corrected chi connectivity index (χ1v) is 9.32.